The van der Waals surface area contributed by atoms with Crippen LogP contribution in [0.3, 0.4) is 0 Å². The van der Waals surface area contributed by atoms with E-state index in [1.165, 1.54) is 12.1 Å². The number of aliphatic imine (C=N–C) groups is 1. The van der Waals surface area contributed by atoms with Crippen LogP contribution >= 0.6 is 0 Å². The van der Waals surface area contributed by atoms with E-state index < -0.39 is 0 Å². The molecule has 0 saturated heterocycles. The monoisotopic (exact) mass is 297 g/mol. The van der Waals surface area contributed by atoms with Gasteiger partial charge in [0.05, 0.1) is 6.54 Å². The van der Waals surface area contributed by atoms with Crippen LogP contribution in [0.5, 0.6) is 5.75 Å². The molecule has 1 aromatic rings. The molecule has 0 spiro atoms. The lowest BCUT2D eigenvalue weighted by molar-refractivity contribution is 0.197. The van der Waals surface area contributed by atoms with Crippen molar-refractivity contribution in [2.24, 2.45) is 4.99 Å². The average molecular weight is 297 g/mol. The maximum Gasteiger partial charge on any atom is 0.191 e. The molecule has 118 valence electrons. The summed E-state index contributed by atoms with van der Waals surface area (Å²) in [5, 5.41) is 6.31. The van der Waals surface area contributed by atoms with E-state index in [9.17, 15) is 4.39 Å². The van der Waals surface area contributed by atoms with E-state index in [1.807, 2.05) is 6.92 Å². The summed E-state index contributed by atoms with van der Waals surface area (Å²) in [6, 6.07) is 6.11. The summed E-state index contributed by atoms with van der Waals surface area (Å²) in [6.07, 6.45) is 0.882. The molecule has 0 aliphatic rings. The molecule has 0 radical (unpaired) electrons. The van der Waals surface area contributed by atoms with Crippen molar-refractivity contribution in [3.05, 3.63) is 30.1 Å². The fraction of sp³-hybridized carbons (Fsp3) is 0.533. The van der Waals surface area contributed by atoms with E-state index >= 15 is 0 Å². The van der Waals surface area contributed by atoms with Crippen LogP contribution in [0, 0.1) is 5.82 Å². The number of nitrogens with zero attached hydrogens (tertiary/aromatic N) is 1. The number of halogens is 1. The first-order valence-electron chi connectivity index (χ1n) is 7.15. The van der Waals surface area contributed by atoms with Gasteiger partial charge in [-0.25, -0.2) is 4.39 Å². The predicted molar refractivity (Wildman–Crippen MR) is 82.4 cm³/mol. The molecular weight excluding hydrogens is 273 g/mol. The topological polar surface area (TPSA) is 54.9 Å². The molecule has 0 heterocycles. The molecule has 1 aromatic carbocycles. The van der Waals surface area contributed by atoms with Gasteiger partial charge in [0, 0.05) is 32.9 Å². The van der Waals surface area contributed by atoms with Crippen LogP contribution in [0.25, 0.3) is 0 Å². The van der Waals surface area contributed by atoms with Crippen molar-refractivity contribution in [3.8, 4) is 5.75 Å². The molecule has 2 N–H and O–H groups in total. The molecule has 6 heteroatoms. The molecule has 0 aromatic heterocycles. The standard InChI is InChI=1S/C15H24FN3O2/c1-3-17-15(18-8-5-10-20-2)19-9-11-21-14-7-4-6-13(16)12-14/h4,6-7,12H,3,5,8-11H2,1-2H3,(H2,17,18,19). The lowest BCUT2D eigenvalue weighted by atomic mass is 10.3. The first-order valence-corrected chi connectivity index (χ1v) is 7.15. The summed E-state index contributed by atoms with van der Waals surface area (Å²) in [6.45, 7) is 5.23. The van der Waals surface area contributed by atoms with Gasteiger partial charge in [-0.3, -0.25) is 4.99 Å². The Bertz CT molecular complexity index is 427. The summed E-state index contributed by atoms with van der Waals surface area (Å²) in [4.78, 5) is 4.41. The number of nitrogens with one attached hydrogen (secondary N) is 2. The van der Waals surface area contributed by atoms with E-state index in [2.05, 4.69) is 15.6 Å². The van der Waals surface area contributed by atoms with Crippen LogP contribution < -0.4 is 15.4 Å². The second kappa shape index (κ2) is 10.9. The Labute approximate surface area is 125 Å². The van der Waals surface area contributed by atoms with Crippen LogP contribution in [-0.2, 0) is 4.74 Å². The van der Waals surface area contributed by atoms with Crippen molar-refractivity contribution in [2.75, 3.05) is 40.0 Å². The number of guanidine groups is 1. The highest BCUT2D eigenvalue weighted by molar-refractivity contribution is 5.79. The second-order valence-electron chi connectivity index (χ2n) is 4.34. The van der Waals surface area contributed by atoms with Gasteiger partial charge >= 0.3 is 0 Å². The van der Waals surface area contributed by atoms with Crippen molar-refractivity contribution >= 4 is 5.96 Å². The van der Waals surface area contributed by atoms with Crippen LogP contribution in [-0.4, -0.2) is 45.9 Å². The molecule has 0 unspecified atom stereocenters. The summed E-state index contributed by atoms with van der Waals surface area (Å²) < 4.78 is 23.4. The van der Waals surface area contributed by atoms with Crippen molar-refractivity contribution in [3.63, 3.8) is 0 Å². The average Bonchev–Trinajstić information content (AvgIpc) is 2.48. The predicted octanol–water partition coefficient (Wildman–Crippen LogP) is 1.80. The number of ether oxygens (including phenoxy) is 2. The largest absolute Gasteiger partial charge is 0.492 e. The van der Waals surface area contributed by atoms with Crippen LogP contribution in [0.2, 0.25) is 0 Å². The van der Waals surface area contributed by atoms with Gasteiger partial charge < -0.3 is 20.1 Å². The molecule has 0 aliphatic carbocycles. The van der Waals surface area contributed by atoms with E-state index in [0.29, 0.717) is 32.1 Å². The first-order chi connectivity index (χ1) is 10.3. The zero-order chi connectivity index (χ0) is 15.3. The molecule has 0 bridgehead atoms. The van der Waals surface area contributed by atoms with Gasteiger partial charge in [0.2, 0.25) is 0 Å². The van der Waals surface area contributed by atoms with Gasteiger partial charge in [0.1, 0.15) is 18.2 Å². The normalized spacial score (nSPS) is 11.3. The number of hydrogen-bond donors (Lipinski definition) is 2. The summed E-state index contributed by atoms with van der Waals surface area (Å²) in [7, 11) is 1.68. The third-order valence-electron chi connectivity index (χ3n) is 2.58. The molecule has 0 amide bonds. The van der Waals surface area contributed by atoms with Gasteiger partial charge in [-0.15, -0.1) is 0 Å². The first kappa shape index (κ1) is 17.2. The van der Waals surface area contributed by atoms with Crippen molar-refractivity contribution in [1.82, 2.24) is 10.6 Å². The Kier molecular flexibility index (Phi) is 8.95. The van der Waals surface area contributed by atoms with Gasteiger partial charge in [-0.2, -0.15) is 0 Å². The third-order valence-corrected chi connectivity index (χ3v) is 2.58. The minimum absolute atomic E-state index is 0.298. The quantitative estimate of drug-likeness (QED) is 0.414. The molecule has 1 rings (SSSR count). The summed E-state index contributed by atoms with van der Waals surface area (Å²) >= 11 is 0. The molecule has 0 aliphatic heterocycles. The Morgan fingerprint density at radius 3 is 2.86 bits per heavy atom. The summed E-state index contributed by atoms with van der Waals surface area (Å²) in [5.41, 5.74) is 0. The fourth-order valence-corrected chi connectivity index (χ4v) is 1.64. The van der Waals surface area contributed by atoms with Gasteiger partial charge in [-0.1, -0.05) is 6.07 Å². The fourth-order valence-electron chi connectivity index (χ4n) is 1.64. The van der Waals surface area contributed by atoms with Crippen LogP contribution in [0.15, 0.2) is 29.3 Å². The minimum Gasteiger partial charge on any atom is -0.492 e. The van der Waals surface area contributed by atoms with Gasteiger partial charge in [-0.05, 0) is 25.5 Å². The Hall–Kier alpha value is -1.82. The number of hydrogen-bond acceptors (Lipinski definition) is 3. The molecular formula is C15H24FN3O2. The highest BCUT2D eigenvalue weighted by Gasteiger charge is 1.98. The van der Waals surface area contributed by atoms with Crippen molar-refractivity contribution in [2.45, 2.75) is 13.3 Å². The lowest BCUT2D eigenvalue weighted by Gasteiger charge is -2.12. The van der Waals surface area contributed by atoms with Crippen molar-refractivity contribution in [1.29, 1.82) is 0 Å². The molecule has 0 fully saturated rings. The zero-order valence-corrected chi connectivity index (χ0v) is 12.7. The highest BCUT2D eigenvalue weighted by Crippen LogP contribution is 2.11. The van der Waals surface area contributed by atoms with E-state index in [0.717, 1.165) is 18.9 Å². The second-order valence-corrected chi connectivity index (χ2v) is 4.34. The molecule has 0 atom stereocenters. The maximum absolute atomic E-state index is 13.0. The van der Waals surface area contributed by atoms with Crippen LogP contribution in [0.1, 0.15) is 13.3 Å². The SMILES string of the molecule is CCNC(=NCCCOC)NCCOc1cccc(F)c1. The Balaban J connectivity index is 2.26. The number of methoxy groups -OCH3 is 1. The lowest BCUT2D eigenvalue weighted by Crippen LogP contribution is -2.39. The van der Waals surface area contributed by atoms with Gasteiger partial charge in [0.25, 0.3) is 0 Å². The zero-order valence-electron chi connectivity index (χ0n) is 12.7. The van der Waals surface area contributed by atoms with Crippen molar-refractivity contribution < 1.29 is 13.9 Å². The van der Waals surface area contributed by atoms with E-state index in [1.54, 1.807) is 19.2 Å². The number of rotatable bonds is 9. The molecule has 21 heavy (non-hydrogen) atoms. The molecule has 0 saturated carbocycles. The molecule has 5 nitrogen and oxygen atoms in total. The Morgan fingerprint density at radius 1 is 1.29 bits per heavy atom. The smallest absolute Gasteiger partial charge is 0.191 e. The minimum atomic E-state index is -0.298. The Morgan fingerprint density at radius 2 is 2.14 bits per heavy atom. The van der Waals surface area contributed by atoms with Crippen LogP contribution in [0.4, 0.5) is 4.39 Å². The third kappa shape index (κ3) is 8.14. The summed E-state index contributed by atoms with van der Waals surface area (Å²) in [5.74, 6) is 0.976. The van der Waals surface area contributed by atoms with E-state index in [-0.39, 0.29) is 5.82 Å². The van der Waals surface area contributed by atoms with E-state index in [4.69, 9.17) is 9.47 Å². The van der Waals surface area contributed by atoms with Gasteiger partial charge in [0.15, 0.2) is 5.96 Å². The highest BCUT2D eigenvalue weighted by atomic mass is 19.1. The number of benzene rings is 1. The maximum atomic E-state index is 13.0.